The van der Waals surface area contributed by atoms with E-state index in [-0.39, 0.29) is 23.5 Å². The van der Waals surface area contributed by atoms with Crippen molar-refractivity contribution in [3.05, 3.63) is 99.0 Å². The van der Waals surface area contributed by atoms with E-state index in [9.17, 15) is 4.79 Å². The molecule has 2 aliphatic rings. The molecule has 1 saturated heterocycles. The summed E-state index contributed by atoms with van der Waals surface area (Å²) in [5, 5.41) is 1.22. The van der Waals surface area contributed by atoms with E-state index in [2.05, 4.69) is 46.8 Å². The molecule has 7 nitrogen and oxygen atoms in total. The van der Waals surface area contributed by atoms with E-state index in [1.54, 1.807) is 11.8 Å². The van der Waals surface area contributed by atoms with Crippen LogP contribution in [0.15, 0.2) is 71.7 Å². The van der Waals surface area contributed by atoms with Gasteiger partial charge in [-0.1, -0.05) is 74.3 Å². The molecule has 2 heterocycles. The summed E-state index contributed by atoms with van der Waals surface area (Å²) >= 11 is 12.8. The lowest BCUT2D eigenvalue weighted by Gasteiger charge is -2.47. The minimum absolute atomic E-state index is 0.00579. The van der Waals surface area contributed by atoms with Crippen LogP contribution in [0.2, 0.25) is 10.0 Å². The molecule has 9 heteroatoms. The molecule has 0 aromatic heterocycles. The van der Waals surface area contributed by atoms with Crippen molar-refractivity contribution >= 4 is 41.0 Å². The van der Waals surface area contributed by atoms with E-state index in [1.807, 2.05) is 78.2 Å². The number of benzene rings is 3. The number of nitrogens with zero attached hydrogens (tertiary/aromatic N) is 4. The molecule has 0 spiro atoms. The first-order chi connectivity index (χ1) is 21.6. The maximum absolute atomic E-state index is 15.0. The number of hydrogen-bond acceptors (Lipinski definition) is 4. The third-order valence-electron chi connectivity index (χ3n) is 9.39. The summed E-state index contributed by atoms with van der Waals surface area (Å²) in [5.74, 6) is 1.19. The molecule has 3 amide bonds. The number of carbonyl (C=O) groups excluding carboxylic acids is 2. The van der Waals surface area contributed by atoms with Crippen molar-refractivity contribution in [2.75, 3.05) is 26.2 Å². The molecule has 1 fully saturated rings. The Balaban J connectivity index is 1.78. The topological polar surface area (TPSA) is 65.5 Å². The van der Waals surface area contributed by atoms with Crippen LogP contribution in [0.4, 0.5) is 4.79 Å². The molecule has 3 aromatic carbocycles. The van der Waals surface area contributed by atoms with E-state index in [1.165, 1.54) is 0 Å². The van der Waals surface area contributed by atoms with Crippen LogP contribution in [0.25, 0.3) is 0 Å². The van der Waals surface area contributed by atoms with E-state index in [0.29, 0.717) is 47.8 Å². The Morgan fingerprint density at radius 1 is 0.826 bits per heavy atom. The molecule has 2 atom stereocenters. The molecule has 0 unspecified atom stereocenters. The maximum atomic E-state index is 15.0. The molecule has 0 bridgehead atoms. The minimum Gasteiger partial charge on any atom is -0.490 e. The summed E-state index contributed by atoms with van der Waals surface area (Å²) in [6, 6.07) is 21.3. The first-order valence-electron chi connectivity index (χ1n) is 15.8. The van der Waals surface area contributed by atoms with Gasteiger partial charge in [0.25, 0.3) is 0 Å². The zero-order chi connectivity index (χ0) is 33.6. The van der Waals surface area contributed by atoms with Crippen molar-refractivity contribution in [3.63, 3.8) is 0 Å². The van der Waals surface area contributed by atoms with Crippen LogP contribution in [-0.4, -0.2) is 64.8 Å². The summed E-state index contributed by atoms with van der Waals surface area (Å²) in [7, 11) is 0. The molecule has 5 rings (SSSR count). The summed E-state index contributed by atoms with van der Waals surface area (Å²) in [6.07, 6.45) is -0.106. The van der Waals surface area contributed by atoms with E-state index in [4.69, 9.17) is 32.9 Å². The highest BCUT2D eigenvalue weighted by Crippen LogP contribution is 2.54. The molecule has 46 heavy (non-hydrogen) atoms. The molecule has 3 aromatic rings. The molecular weight excluding hydrogens is 619 g/mol. The second-order valence-corrected chi connectivity index (χ2v) is 14.7. The van der Waals surface area contributed by atoms with Gasteiger partial charge in [0, 0.05) is 43.1 Å². The number of urea groups is 1. The zero-order valence-electron chi connectivity index (χ0n) is 28.0. The van der Waals surface area contributed by atoms with Gasteiger partial charge >= 0.3 is 6.03 Å². The van der Waals surface area contributed by atoms with Gasteiger partial charge in [-0.05, 0) is 86.2 Å². The Hall–Kier alpha value is -3.55. The van der Waals surface area contributed by atoms with Gasteiger partial charge in [-0.3, -0.25) is 14.7 Å². The number of piperazine rings is 1. The fourth-order valence-corrected chi connectivity index (χ4v) is 6.70. The fraction of sp³-hybridized carbons (Fsp3) is 0.432. The predicted octanol–water partition coefficient (Wildman–Crippen LogP) is 8.26. The maximum Gasteiger partial charge on any atom is 0.326 e. The molecule has 244 valence electrons. The Bertz CT molecular complexity index is 1640. The van der Waals surface area contributed by atoms with Gasteiger partial charge in [0.1, 0.15) is 22.7 Å². The molecule has 0 radical (unpaired) electrons. The lowest BCUT2D eigenvalue weighted by molar-refractivity contribution is -0.130. The number of amides is 3. The quantitative estimate of drug-likeness (QED) is 0.276. The smallest absolute Gasteiger partial charge is 0.326 e. The molecule has 0 aliphatic carbocycles. The monoisotopic (exact) mass is 662 g/mol. The van der Waals surface area contributed by atoms with Crippen LogP contribution in [0.5, 0.6) is 5.75 Å². The van der Waals surface area contributed by atoms with E-state index in [0.717, 1.165) is 22.3 Å². The highest BCUT2D eigenvalue weighted by molar-refractivity contribution is 6.30. The Morgan fingerprint density at radius 2 is 1.35 bits per heavy atom. The predicted molar refractivity (Wildman–Crippen MR) is 186 cm³/mol. The van der Waals surface area contributed by atoms with Gasteiger partial charge < -0.3 is 14.5 Å². The van der Waals surface area contributed by atoms with Gasteiger partial charge in [-0.15, -0.1) is 0 Å². The zero-order valence-corrected chi connectivity index (χ0v) is 29.5. The van der Waals surface area contributed by atoms with Crippen molar-refractivity contribution < 1.29 is 14.3 Å². The normalized spacial score (nSPS) is 21.9. The van der Waals surface area contributed by atoms with E-state index < -0.39 is 11.1 Å². The largest absolute Gasteiger partial charge is 0.490 e. The van der Waals surface area contributed by atoms with Gasteiger partial charge in [0.05, 0.1) is 11.7 Å². The second kappa shape index (κ2) is 12.6. The number of ether oxygens (including phenoxy) is 1. The van der Waals surface area contributed by atoms with Crippen molar-refractivity contribution in [1.82, 2.24) is 14.7 Å². The first kappa shape index (κ1) is 33.8. The number of rotatable bonds is 5. The second-order valence-electron chi connectivity index (χ2n) is 13.8. The number of hydrogen-bond donors (Lipinski definition) is 0. The molecule has 2 aliphatic heterocycles. The summed E-state index contributed by atoms with van der Waals surface area (Å²) in [5.41, 5.74) is 1.55. The van der Waals surface area contributed by atoms with Crippen LogP contribution in [0.1, 0.15) is 77.6 Å². The average Bonchev–Trinajstić information content (AvgIpc) is 3.24. The lowest BCUT2D eigenvalue weighted by Crippen LogP contribution is -2.61. The van der Waals surface area contributed by atoms with Crippen molar-refractivity contribution in [3.8, 4) is 5.75 Å². The van der Waals surface area contributed by atoms with E-state index >= 15 is 4.79 Å². The lowest BCUT2D eigenvalue weighted by atomic mass is 9.71. The average molecular weight is 664 g/mol. The third kappa shape index (κ3) is 6.12. The molecule has 0 saturated carbocycles. The number of carbonyl (C=O) groups is 2. The summed E-state index contributed by atoms with van der Waals surface area (Å²) < 4.78 is 6.48. The van der Waals surface area contributed by atoms with Crippen molar-refractivity contribution in [2.45, 2.75) is 78.0 Å². The highest BCUT2D eigenvalue weighted by Gasteiger charge is 2.60. The molecular formula is C37H44Cl2N4O3. The highest BCUT2D eigenvalue weighted by atomic mass is 35.5. The number of halogens is 2. The minimum atomic E-state index is -1.01. The fourth-order valence-electron chi connectivity index (χ4n) is 6.45. The third-order valence-corrected chi connectivity index (χ3v) is 9.89. The Kier molecular flexibility index (Phi) is 9.24. The number of aliphatic imine (C=N–C) groups is 1. The van der Waals surface area contributed by atoms with Gasteiger partial charge in [0.2, 0.25) is 5.91 Å². The standard InChI is InChI=1S/C37H44Cl2N4O3/c1-24(2)46-32-23-28(35(4,5)6)13-18-31(32)33-40-36(7,26-9-14-29(38)15-10-26)37(8,27-11-16-30(39)17-12-27)43(33)34(45)42-21-19-41(20-22-42)25(3)44/h9-18,23-24H,19-22H2,1-8H3/t36-,37-/m0/s1. The van der Waals surface area contributed by atoms with Crippen molar-refractivity contribution in [1.29, 1.82) is 0 Å². The number of amidine groups is 1. The molecule has 0 N–H and O–H groups in total. The van der Waals surface area contributed by atoms with Crippen LogP contribution >= 0.6 is 23.2 Å². The van der Waals surface area contributed by atoms with Crippen LogP contribution in [0.3, 0.4) is 0 Å². The van der Waals surface area contributed by atoms with Gasteiger partial charge in [-0.2, -0.15) is 0 Å². The van der Waals surface area contributed by atoms with Gasteiger partial charge in [0.15, 0.2) is 0 Å². The van der Waals surface area contributed by atoms with Crippen molar-refractivity contribution in [2.24, 2.45) is 4.99 Å². The Morgan fingerprint density at radius 3 is 1.85 bits per heavy atom. The van der Waals surface area contributed by atoms with Gasteiger partial charge in [-0.25, -0.2) is 4.79 Å². The van der Waals surface area contributed by atoms with Crippen LogP contribution in [-0.2, 0) is 21.3 Å². The Labute approximate surface area is 283 Å². The van der Waals surface area contributed by atoms with Crippen LogP contribution in [0, 0.1) is 0 Å². The summed E-state index contributed by atoms with van der Waals surface area (Å²) in [4.78, 5) is 38.1. The first-order valence-corrected chi connectivity index (χ1v) is 16.6. The SMILES string of the molecule is CC(=O)N1CCN(C(=O)N2C(c3ccc(C(C)(C)C)cc3OC(C)C)=N[C@@](C)(c3ccc(Cl)cc3)[C@]2(C)c2ccc(Cl)cc2)CC1. The summed E-state index contributed by atoms with van der Waals surface area (Å²) in [6.45, 7) is 18.0. The van der Waals surface area contributed by atoms with Crippen LogP contribution < -0.4 is 4.74 Å².